The number of nitrogens with one attached hydrogen (secondary N) is 1. The van der Waals surface area contributed by atoms with Gasteiger partial charge in [-0.3, -0.25) is 0 Å². The second-order valence-electron chi connectivity index (χ2n) is 8.19. The fraction of sp³-hybridized carbons (Fsp3) is 0.524. The smallest absolute Gasteiger partial charge is 0.129 e. The van der Waals surface area contributed by atoms with Crippen LogP contribution in [0.4, 0.5) is 5.69 Å². The summed E-state index contributed by atoms with van der Waals surface area (Å²) in [6.07, 6.45) is -0.149. The normalized spacial score (nSPS) is 25.9. The van der Waals surface area contributed by atoms with Gasteiger partial charge < -0.3 is 19.2 Å². The van der Waals surface area contributed by atoms with Crippen LogP contribution in [0, 0.1) is 13.8 Å². The molecule has 2 aliphatic heterocycles. The lowest BCUT2D eigenvalue weighted by atomic mass is 9.82. The Hall–Kier alpha value is -1.78. The molecule has 1 aromatic carbocycles. The minimum absolute atomic E-state index is 0.0364. The van der Waals surface area contributed by atoms with E-state index in [4.69, 9.17) is 13.9 Å². The minimum Gasteiger partial charge on any atom is -0.464 e. The Morgan fingerprint density at radius 1 is 1.04 bits per heavy atom. The lowest BCUT2D eigenvalue weighted by Crippen LogP contribution is -2.43. The van der Waals surface area contributed by atoms with Gasteiger partial charge in [-0.2, -0.15) is 0 Å². The van der Waals surface area contributed by atoms with Crippen LogP contribution >= 0.6 is 0 Å². The standard InChI is InChI=1S/C21H27NO3/c1-12-10-17(25-13(12)2)18-20-19(23-8-9-24-20)15-11-14(21(3,4)5)6-7-16(15)22-18/h6-7,10-11,18-20,22H,8-9H2,1-5H3/t18-,19+,20-/m0/s1. The molecule has 1 fully saturated rings. The molecule has 3 atom stereocenters. The van der Waals surface area contributed by atoms with Gasteiger partial charge in [-0.25, -0.2) is 0 Å². The van der Waals surface area contributed by atoms with Crippen molar-refractivity contribution in [3.8, 4) is 0 Å². The summed E-state index contributed by atoms with van der Waals surface area (Å²) in [6.45, 7) is 12.0. The van der Waals surface area contributed by atoms with Gasteiger partial charge in [-0.1, -0.05) is 32.9 Å². The quantitative estimate of drug-likeness (QED) is 0.808. The maximum Gasteiger partial charge on any atom is 0.129 e. The van der Waals surface area contributed by atoms with Crippen molar-refractivity contribution < 1.29 is 13.9 Å². The molecule has 0 bridgehead atoms. The predicted molar refractivity (Wildman–Crippen MR) is 98.1 cm³/mol. The van der Waals surface area contributed by atoms with Crippen LogP contribution in [0.2, 0.25) is 0 Å². The summed E-state index contributed by atoms with van der Waals surface area (Å²) in [7, 11) is 0. The lowest BCUT2D eigenvalue weighted by molar-refractivity contribution is -0.152. The van der Waals surface area contributed by atoms with Gasteiger partial charge in [0.2, 0.25) is 0 Å². The first-order valence-electron chi connectivity index (χ1n) is 9.06. The average Bonchev–Trinajstić information content (AvgIpc) is 2.91. The van der Waals surface area contributed by atoms with Crippen LogP contribution in [-0.2, 0) is 14.9 Å². The molecule has 0 amide bonds. The molecule has 4 heteroatoms. The van der Waals surface area contributed by atoms with Crippen molar-refractivity contribution in [3.63, 3.8) is 0 Å². The molecule has 0 radical (unpaired) electrons. The van der Waals surface area contributed by atoms with Gasteiger partial charge in [0.25, 0.3) is 0 Å². The highest BCUT2D eigenvalue weighted by Crippen LogP contribution is 2.45. The van der Waals surface area contributed by atoms with E-state index in [9.17, 15) is 0 Å². The number of rotatable bonds is 1. The molecule has 1 N–H and O–H groups in total. The summed E-state index contributed by atoms with van der Waals surface area (Å²) in [4.78, 5) is 0. The number of aryl methyl sites for hydroxylation is 2. The third kappa shape index (κ3) is 2.87. The van der Waals surface area contributed by atoms with E-state index in [2.05, 4.69) is 57.3 Å². The Bertz CT molecular complexity index is 767. The Morgan fingerprint density at radius 2 is 1.80 bits per heavy atom. The monoisotopic (exact) mass is 341 g/mol. The third-order valence-corrected chi connectivity index (χ3v) is 5.34. The first-order chi connectivity index (χ1) is 11.8. The third-order valence-electron chi connectivity index (χ3n) is 5.34. The number of hydrogen-bond acceptors (Lipinski definition) is 4. The van der Waals surface area contributed by atoms with Gasteiger partial charge in [0.05, 0.1) is 13.2 Å². The predicted octanol–water partition coefficient (Wildman–Crippen LogP) is 4.82. The summed E-state index contributed by atoms with van der Waals surface area (Å²) >= 11 is 0. The van der Waals surface area contributed by atoms with Gasteiger partial charge in [-0.05, 0) is 42.5 Å². The summed E-state index contributed by atoms with van der Waals surface area (Å²) in [6, 6.07) is 8.71. The molecule has 134 valence electrons. The summed E-state index contributed by atoms with van der Waals surface area (Å²) in [5.74, 6) is 1.88. The van der Waals surface area contributed by atoms with Crippen molar-refractivity contribution in [2.75, 3.05) is 18.5 Å². The minimum atomic E-state index is -0.0820. The zero-order chi connectivity index (χ0) is 17.8. The molecule has 0 unspecified atom stereocenters. The molecule has 4 nitrogen and oxygen atoms in total. The average molecular weight is 341 g/mol. The first-order valence-corrected chi connectivity index (χ1v) is 9.06. The van der Waals surface area contributed by atoms with E-state index in [1.165, 1.54) is 16.7 Å². The Balaban J connectivity index is 1.77. The van der Waals surface area contributed by atoms with Crippen molar-refractivity contribution in [3.05, 3.63) is 52.5 Å². The van der Waals surface area contributed by atoms with E-state index in [1.54, 1.807) is 0 Å². The number of benzene rings is 1. The van der Waals surface area contributed by atoms with Crippen molar-refractivity contribution in [1.29, 1.82) is 0 Å². The van der Waals surface area contributed by atoms with E-state index in [1.807, 2.05) is 6.92 Å². The topological polar surface area (TPSA) is 43.6 Å². The van der Waals surface area contributed by atoms with E-state index in [0.29, 0.717) is 13.2 Å². The molecule has 25 heavy (non-hydrogen) atoms. The highest BCUT2D eigenvalue weighted by molar-refractivity contribution is 5.59. The fourth-order valence-electron chi connectivity index (χ4n) is 3.71. The van der Waals surface area contributed by atoms with E-state index in [-0.39, 0.29) is 23.7 Å². The summed E-state index contributed by atoms with van der Waals surface area (Å²) in [5.41, 5.74) is 4.87. The van der Waals surface area contributed by atoms with Crippen LogP contribution in [0.5, 0.6) is 0 Å². The molecule has 1 saturated heterocycles. The molecule has 0 aliphatic carbocycles. The van der Waals surface area contributed by atoms with Crippen LogP contribution in [0.3, 0.4) is 0 Å². The van der Waals surface area contributed by atoms with Crippen LogP contribution in [-0.4, -0.2) is 19.3 Å². The van der Waals surface area contributed by atoms with Gasteiger partial charge in [-0.15, -0.1) is 0 Å². The molecule has 0 spiro atoms. The van der Waals surface area contributed by atoms with Crippen LogP contribution in [0.25, 0.3) is 0 Å². The Kier molecular flexibility index (Phi) is 3.93. The summed E-state index contributed by atoms with van der Waals surface area (Å²) < 4.78 is 18.3. The lowest BCUT2D eigenvalue weighted by Gasteiger charge is -2.42. The number of ether oxygens (including phenoxy) is 2. The van der Waals surface area contributed by atoms with E-state index in [0.717, 1.165) is 17.2 Å². The summed E-state index contributed by atoms with van der Waals surface area (Å²) in [5, 5.41) is 3.63. The van der Waals surface area contributed by atoms with Crippen molar-refractivity contribution >= 4 is 5.69 Å². The SMILES string of the molecule is Cc1cc([C@@H]2Nc3ccc(C(C)(C)C)cc3[C@H]3OCCO[C@H]32)oc1C. The zero-order valence-corrected chi connectivity index (χ0v) is 15.7. The van der Waals surface area contributed by atoms with Gasteiger partial charge in [0.15, 0.2) is 0 Å². The van der Waals surface area contributed by atoms with Crippen LogP contribution in [0.1, 0.15) is 61.1 Å². The fourth-order valence-corrected chi connectivity index (χ4v) is 3.71. The Labute approximate surface area is 149 Å². The molecule has 1 aromatic heterocycles. The Morgan fingerprint density at radius 3 is 2.48 bits per heavy atom. The highest BCUT2D eigenvalue weighted by atomic mass is 16.6. The second kappa shape index (κ2) is 5.89. The maximum absolute atomic E-state index is 6.16. The van der Waals surface area contributed by atoms with Crippen molar-refractivity contribution in [2.45, 2.75) is 58.3 Å². The van der Waals surface area contributed by atoms with E-state index < -0.39 is 0 Å². The van der Waals surface area contributed by atoms with Gasteiger partial charge in [0, 0.05) is 11.3 Å². The van der Waals surface area contributed by atoms with E-state index >= 15 is 0 Å². The first kappa shape index (κ1) is 16.7. The number of furan rings is 1. The van der Waals surface area contributed by atoms with Crippen LogP contribution in [0.15, 0.2) is 28.7 Å². The van der Waals surface area contributed by atoms with Crippen molar-refractivity contribution in [2.24, 2.45) is 0 Å². The molecule has 3 heterocycles. The number of fused-ring (bicyclic) bond motifs is 3. The maximum atomic E-state index is 6.16. The van der Waals surface area contributed by atoms with Gasteiger partial charge in [0.1, 0.15) is 29.8 Å². The zero-order valence-electron chi connectivity index (χ0n) is 15.7. The van der Waals surface area contributed by atoms with Crippen LogP contribution < -0.4 is 5.32 Å². The molecule has 4 rings (SSSR count). The largest absolute Gasteiger partial charge is 0.464 e. The number of anilines is 1. The highest BCUT2D eigenvalue weighted by Gasteiger charge is 2.42. The molecule has 2 aromatic rings. The number of hydrogen-bond donors (Lipinski definition) is 1. The molecular formula is C21H27NO3. The molecule has 0 saturated carbocycles. The molecule has 2 aliphatic rings. The van der Waals surface area contributed by atoms with Gasteiger partial charge >= 0.3 is 0 Å². The molecular weight excluding hydrogens is 314 g/mol. The van der Waals surface area contributed by atoms with Crippen molar-refractivity contribution in [1.82, 2.24) is 0 Å². The second-order valence-corrected chi connectivity index (χ2v) is 8.19.